The zero-order valence-electron chi connectivity index (χ0n) is 20.1. The quantitative estimate of drug-likeness (QED) is 0.631. The van der Waals surface area contributed by atoms with Gasteiger partial charge < -0.3 is 4.74 Å². The first-order valence-electron chi connectivity index (χ1n) is 12.9. The molecule has 1 unspecified atom stereocenters. The topological polar surface area (TPSA) is 67.9 Å². The van der Waals surface area contributed by atoms with E-state index in [2.05, 4.69) is 25.0 Å². The Morgan fingerprint density at radius 3 is 2.81 bits per heavy atom. The number of aromatic nitrogens is 2. The van der Waals surface area contributed by atoms with Gasteiger partial charge in [-0.05, 0) is 91.8 Å². The van der Waals surface area contributed by atoms with Gasteiger partial charge in [-0.15, -0.1) is 0 Å². The fourth-order valence-corrected chi connectivity index (χ4v) is 9.12. The molecule has 0 bridgehead atoms. The third-order valence-electron chi connectivity index (χ3n) is 10.5. The van der Waals surface area contributed by atoms with Gasteiger partial charge in [0.15, 0.2) is 5.78 Å². The van der Waals surface area contributed by atoms with Crippen molar-refractivity contribution >= 4 is 5.78 Å². The summed E-state index contributed by atoms with van der Waals surface area (Å²) in [5.74, 6) is 4.30. The number of hydrogen-bond donors (Lipinski definition) is 0. The molecule has 8 atom stereocenters. The van der Waals surface area contributed by atoms with Crippen molar-refractivity contribution in [2.45, 2.75) is 78.2 Å². The lowest BCUT2D eigenvalue weighted by molar-refractivity contribution is -0.154. The summed E-state index contributed by atoms with van der Waals surface area (Å²) in [7, 11) is 1.90. The molecule has 5 heteroatoms. The molecule has 4 aliphatic carbocycles. The molecule has 1 aromatic heterocycles. The molecule has 0 saturated heterocycles. The molecule has 0 N–H and O–H groups in total. The van der Waals surface area contributed by atoms with Crippen LogP contribution in [-0.4, -0.2) is 29.3 Å². The molecule has 5 rings (SSSR count). The number of carbonyl (C=O) groups excluding carboxylic acids is 1. The molecule has 0 aromatic carbocycles. The van der Waals surface area contributed by atoms with Crippen LogP contribution in [0.3, 0.4) is 0 Å². The molecular formula is C27H39N3O2. The highest BCUT2D eigenvalue weighted by atomic mass is 16.5. The standard InChI is InChI=1S/C27H39N3O2/c1-18-8-11-27(17-32-3)20(12-18)4-5-21-22-6-7-24(26(22,2)10-9-23(21)27)25(31)16-30-15-19(13-28)14-29-30/h14-15,18,20-24H,4-12,16-17H2,1-3H3/t18-,20?,21-,22-,23-,24+,26-,27+/m0/s1. The summed E-state index contributed by atoms with van der Waals surface area (Å²) in [5.41, 5.74) is 1.01. The Morgan fingerprint density at radius 1 is 1.22 bits per heavy atom. The van der Waals surface area contributed by atoms with Crippen LogP contribution < -0.4 is 0 Å². The Bertz CT molecular complexity index is 903. The van der Waals surface area contributed by atoms with E-state index < -0.39 is 0 Å². The summed E-state index contributed by atoms with van der Waals surface area (Å²) in [6.45, 7) is 6.09. The molecule has 32 heavy (non-hydrogen) atoms. The van der Waals surface area contributed by atoms with Gasteiger partial charge in [0.2, 0.25) is 0 Å². The van der Waals surface area contributed by atoms with Gasteiger partial charge in [0.1, 0.15) is 6.07 Å². The van der Waals surface area contributed by atoms with Crippen LogP contribution in [0.1, 0.15) is 77.2 Å². The van der Waals surface area contributed by atoms with Crippen LogP contribution in [-0.2, 0) is 16.1 Å². The third-order valence-corrected chi connectivity index (χ3v) is 10.5. The lowest BCUT2D eigenvalue weighted by Gasteiger charge is -2.61. The number of ether oxygens (including phenoxy) is 1. The predicted molar refractivity (Wildman–Crippen MR) is 123 cm³/mol. The van der Waals surface area contributed by atoms with Gasteiger partial charge in [-0.25, -0.2) is 0 Å². The average molecular weight is 438 g/mol. The van der Waals surface area contributed by atoms with Gasteiger partial charge in [-0.2, -0.15) is 10.4 Å². The average Bonchev–Trinajstić information content (AvgIpc) is 3.37. The minimum Gasteiger partial charge on any atom is -0.384 e. The Labute approximate surface area is 192 Å². The van der Waals surface area contributed by atoms with E-state index >= 15 is 0 Å². The van der Waals surface area contributed by atoms with Gasteiger partial charge in [0, 0.05) is 19.2 Å². The number of rotatable bonds is 5. The van der Waals surface area contributed by atoms with E-state index in [4.69, 9.17) is 10.00 Å². The highest BCUT2D eigenvalue weighted by Crippen LogP contribution is 2.68. The monoisotopic (exact) mass is 437 g/mol. The van der Waals surface area contributed by atoms with E-state index in [0.29, 0.717) is 29.2 Å². The van der Waals surface area contributed by atoms with E-state index in [1.807, 2.05) is 7.11 Å². The van der Waals surface area contributed by atoms with E-state index in [-0.39, 0.29) is 11.3 Å². The number of hydrogen-bond acceptors (Lipinski definition) is 4. The number of nitrogens with zero attached hydrogens (tertiary/aromatic N) is 3. The van der Waals surface area contributed by atoms with Crippen molar-refractivity contribution in [3.8, 4) is 6.07 Å². The molecule has 0 amide bonds. The van der Waals surface area contributed by atoms with E-state index in [1.165, 1.54) is 51.4 Å². The van der Waals surface area contributed by atoms with Gasteiger partial charge in [0.25, 0.3) is 0 Å². The zero-order valence-corrected chi connectivity index (χ0v) is 20.1. The molecule has 4 fully saturated rings. The second kappa shape index (κ2) is 8.28. The first-order valence-corrected chi connectivity index (χ1v) is 12.9. The molecule has 4 aliphatic rings. The Kier molecular flexibility index (Phi) is 5.73. The summed E-state index contributed by atoms with van der Waals surface area (Å²) in [6.07, 6.45) is 14.7. The van der Waals surface area contributed by atoms with Gasteiger partial charge in [-0.1, -0.05) is 20.3 Å². The number of methoxy groups -OCH3 is 1. The largest absolute Gasteiger partial charge is 0.384 e. The van der Waals surface area contributed by atoms with Crippen molar-refractivity contribution in [2.24, 2.45) is 46.3 Å². The maximum absolute atomic E-state index is 13.4. The van der Waals surface area contributed by atoms with Gasteiger partial charge in [-0.3, -0.25) is 9.48 Å². The first-order chi connectivity index (χ1) is 15.4. The van der Waals surface area contributed by atoms with Crippen molar-refractivity contribution in [2.75, 3.05) is 13.7 Å². The summed E-state index contributed by atoms with van der Waals surface area (Å²) >= 11 is 0. The second-order valence-corrected chi connectivity index (χ2v) is 11.9. The van der Waals surface area contributed by atoms with Gasteiger partial charge >= 0.3 is 0 Å². The van der Waals surface area contributed by atoms with E-state index in [9.17, 15) is 4.79 Å². The second-order valence-electron chi connectivity index (χ2n) is 11.9. The summed E-state index contributed by atoms with van der Waals surface area (Å²) in [4.78, 5) is 13.4. The molecule has 0 radical (unpaired) electrons. The zero-order chi connectivity index (χ0) is 22.5. The Morgan fingerprint density at radius 2 is 2.06 bits per heavy atom. The van der Waals surface area contributed by atoms with Crippen LogP contribution >= 0.6 is 0 Å². The third kappa shape index (κ3) is 3.36. The van der Waals surface area contributed by atoms with Gasteiger partial charge in [0.05, 0.1) is 24.9 Å². The molecule has 1 heterocycles. The number of Topliss-reactive ketones (excluding diaryl/α,β-unsaturated/α-hetero) is 1. The van der Waals surface area contributed by atoms with Crippen molar-refractivity contribution < 1.29 is 9.53 Å². The number of ketones is 1. The van der Waals surface area contributed by atoms with Crippen molar-refractivity contribution in [3.63, 3.8) is 0 Å². The summed E-state index contributed by atoms with van der Waals surface area (Å²) < 4.78 is 7.57. The molecule has 0 aliphatic heterocycles. The molecule has 4 saturated carbocycles. The summed E-state index contributed by atoms with van der Waals surface area (Å²) in [6, 6.07) is 2.11. The maximum Gasteiger partial charge on any atom is 0.157 e. The predicted octanol–water partition coefficient (Wildman–Crippen LogP) is 5.25. The molecule has 1 aromatic rings. The van der Waals surface area contributed by atoms with E-state index in [1.54, 1.807) is 17.1 Å². The van der Waals surface area contributed by atoms with Crippen LogP contribution in [0, 0.1) is 57.7 Å². The van der Waals surface area contributed by atoms with Crippen molar-refractivity contribution in [3.05, 3.63) is 18.0 Å². The fraction of sp³-hybridized carbons (Fsp3) is 0.815. The van der Waals surface area contributed by atoms with Crippen molar-refractivity contribution in [1.29, 1.82) is 5.26 Å². The SMILES string of the molecule is COC[C@]12CC[C@H](C)CC1CC[C@@H]1[C@@H]2CC[C@]2(C)[C@@H](C(=O)Cn3cc(C#N)cn3)CC[C@@H]12. The first kappa shape index (κ1) is 22.1. The fourth-order valence-electron chi connectivity index (χ4n) is 9.12. The van der Waals surface area contributed by atoms with Crippen LogP contribution in [0.2, 0.25) is 0 Å². The lowest BCUT2D eigenvalue weighted by atomic mass is 9.44. The molecule has 0 spiro atoms. The van der Waals surface area contributed by atoms with Crippen LogP contribution in [0.15, 0.2) is 12.4 Å². The Balaban J connectivity index is 1.36. The molecular weight excluding hydrogens is 398 g/mol. The maximum atomic E-state index is 13.4. The molecule has 174 valence electrons. The normalized spacial score (nSPS) is 43.1. The number of carbonyl (C=O) groups is 1. The van der Waals surface area contributed by atoms with Crippen LogP contribution in [0.5, 0.6) is 0 Å². The van der Waals surface area contributed by atoms with Crippen LogP contribution in [0.4, 0.5) is 0 Å². The minimum absolute atomic E-state index is 0.118. The summed E-state index contributed by atoms with van der Waals surface area (Å²) in [5, 5.41) is 13.3. The highest BCUT2D eigenvalue weighted by molar-refractivity contribution is 5.82. The number of nitriles is 1. The van der Waals surface area contributed by atoms with Crippen molar-refractivity contribution in [1.82, 2.24) is 9.78 Å². The molecule has 5 nitrogen and oxygen atoms in total. The lowest BCUT2D eigenvalue weighted by Crippen LogP contribution is -2.56. The van der Waals surface area contributed by atoms with E-state index in [0.717, 1.165) is 36.7 Å². The number of fused-ring (bicyclic) bond motifs is 5. The van der Waals surface area contributed by atoms with Crippen LogP contribution in [0.25, 0.3) is 0 Å². The smallest absolute Gasteiger partial charge is 0.157 e. The Hall–Kier alpha value is -1.67. The highest BCUT2D eigenvalue weighted by Gasteiger charge is 2.62. The minimum atomic E-state index is 0.118.